The minimum Gasteiger partial charge on any atom is -0.399 e. The van der Waals surface area contributed by atoms with Gasteiger partial charge in [-0.05, 0) is 17.6 Å². The third-order valence-electron chi connectivity index (χ3n) is 2.40. The minimum atomic E-state index is -2.23. The Morgan fingerprint density at radius 3 is 2.83 bits per heavy atom. The average molecular weight is 280 g/mol. The van der Waals surface area contributed by atoms with Gasteiger partial charge < -0.3 is 4.84 Å². The molecule has 7 heteroatoms. The molecule has 1 aliphatic rings. The molecule has 0 N–H and O–H groups in total. The summed E-state index contributed by atoms with van der Waals surface area (Å²) in [7, 11) is 0.652. The fourth-order valence-electron chi connectivity index (χ4n) is 1.48. The zero-order chi connectivity index (χ0) is 13.5. The molecular formula is C11H15F3N2OS. The van der Waals surface area contributed by atoms with Crippen LogP contribution >= 0.6 is 10.9 Å². The Bertz CT molecular complexity index is 415. The van der Waals surface area contributed by atoms with E-state index < -0.39 is 22.8 Å². The third-order valence-corrected chi connectivity index (χ3v) is 4.70. The van der Waals surface area contributed by atoms with E-state index in [1.807, 2.05) is 6.92 Å². The maximum atomic E-state index is 12.7. The van der Waals surface area contributed by atoms with Gasteiger partial charge in [0.05, 0.1) is 0 Å². The van der Waals surface area contributed by atoms with Crippen LogP contribution in [0.4, 0.5) is 13.2 Å². The van der Waals surface area contributed by atoms with Gasteiger partial charge in [0.2, 0.25) is 0 Å². The van der Waals surface area contributed by atoms with Gasteiger partial charge in [0.15, 0.2) is 5.83 Å². The Hall–Kier alpha value is -1.24. The summed E-state index contributed by atoms with van der Waals surface area (Å²) < 4.78 is 36.6. The van der Waals surface area contributed by atoms with E-state index in [1.54, 1.807) is 11.8 Å². The molecule has 0 saturated carbocycles. The van der Waals surface area contributed by atoms with Crippen LogP contribution in [-0.4, -0.2) is 24.6 Å². The largest absolute Gasteiger partial charge is 0.399 e. The first-order chi connectivity index (χ1) is 8.56. The molecule has 0 spiro atoms. The van der Waals surface area contributed by atoms with Crippen LogP contribution in [0.5, 0.6) is 0 Å². The third kappa shape index (κ3) is 4.21. The van der Waals surface area contributed by atoms with E-state index in [2.05, 4.69) is 15.0 Å². The number of nitrogens with zero attached hydrogens (tertiary/aromatic N) is 2. The maximum Gasteiger partial charge on any atom is 0.301 e. The summed E-state index contributed by atoms with van der Waals surface area (Å²) in [5.41, 5.74) is 2.58. The molecule has 1 aliphatic heterocycles. The summed E-state index contributed by atoms with van der Waals surface area (Å²) >= 11 is 0. The van der Waals surface area contributed by atoms with Gasteiger partial charge in [0, 0.05) is 30.3 Å². The SMILES string of the molecule is CO/N=C/CC1=C(C)N=C[SH]1CCC(F)=C(F)F. The molecule has 3 nitrogen and oxygen atoms in total. The van der Waals surface area contributed by atoms with Crippen LogP contribution in [0.25, 0.3) is 0 Å². The Balaban J connectivity index is 2.58. The topological polar surface area (TPSA) is 34.0 Å². The Morgan fingerprint density at radius 2 is 2.22 bits per heavy atom. The van der Waals surface area contributed by atoms with Gasteiger partial charge >= 0.3 is 6.08 Å². The standard InChI is InChI=1S/C11H15F3N2OS/c1-8-10(3-5-16-17-2)18(7-15-8)6-4-9(12)11(13)14/h5,7,18H,3-4,6H2,1-2H3/b16-5+. The van der Waals surface area contributed by atoms with Gasteiger partial charge in [-0.3, -0.25) is 4.99 Å². The summed E-state index contributed by atoms with van der Waals surface area (Å²) in [6.07, 6.45) is -0.345. The molecule has 0 aromatic rings. The van der Waals surface area contributed by atoms with Crippen molar-refractivity contribution in [1.29, 1.82) is 0 Å². The van der Waals surface area contributed by atoms with Crippen LogP contribution < -0.4 is 0 Å². The first-order valence-electron chi connectivity index (χ1n) is 5.31. The van der Waals surface area contributed by atoms with Crippen LogP contribution in [0, 0.1) is 0 Å². The van der Waals surface area contributed by atoms with Crippen molar-refractivity contribution in [2.24, 2.45) is 10.1 Å². The lowest BCUT2D eigenvalue weighted by Gasteiger charge is -2.15. The Labute approximate surface area is 106 Å². The first kappa shape index (κ1) is 14.8. The fraction of sp³-hybridized carbons (Fsp3) is 0.455. The molecule has 0 bridgehead atoms. The van der Waals surface area contributed by atoms with Crippen molar-refractivity contribution >= 4 is 22.7 Å². The van der Waals surface area contributed by atoms with Crippen molar-refractivity contribution in [3.8, 4) is 0 Å². The van der Waals surface area contributed by atoms with Crippen LogP contribution in [0.1, 0.15) is 19.8 Å². The predicted octanol–water partition coefficient (Wildman–Crippen LogP) is 3.75. The first-order valence-corrected chi connectivity index (χ1v) is 6.91. The molecule has 102 valence electrons. The minimum absolute atomic E-state index is 0.252. The van der Waals surface area contributed by atoms with Gasteiger partial charge in [0.25, 0.3) is 0 Å². The zero-order valence-electron chi connectivity index (χ0n) is 10.2. The van der Waals surface area contributed by atoms with E-state index in [0.29, 0.717) is 12.2 Å². The number of oxime groups is 1. The van der Waals surface area contributed by atoms with Crippen molar-refractivity contribution in [1.82, 2.24) is 0 Å². The number of aliphatic imine (C=N–C) groups is 1. The van der Waals surface area contributed by atoms with Crippen LogP contribution in [-0.2, 0) is 4.84 Å². The van der Waals surface area contributed by atoms with Crippen molar-refractivity contribution < 1.29 is 18.0 Å². The molecule has 1 unspecified atom stereocenters. The van der Waals surface area contributed by atoms with E-state index in [1.165, 1.54) is 7.11 Å². The number of thiol groups is 1. The highest BCUT2D eigenvalue weighted by Crippen LogP contribution is 2.42. The van der Waals surface area contributed by atoms with Crippen molar-refractivity contribution in [2.45, 2.75) is 19.8 Å². The van der Waals surface area contributed by atoms with Crippen molar-refractivity contribution in [3.63, 3.8) is 0 Å². The summed E-state index contributed by atoms with van der Waals surface area (Å²) in [4.78, 5) is 9.73. The van der Waals surface area contributed by atoms with Crippen LogP contribution in [0.15, 0.2) is 32.7 Å². The van der Waals surface area contributed by atoms with E-state index >= 15 is 0 Å². The van der Waals surface area contributed by atoms with Crippen molar-refractivity contribution in [2.75, 3.05) is 12.9 Å². The summed E-state index contributed by atoms with van der Waals surface area (Å²) in [6.45, 7) is 1.84. The lowest BCUT2D eigenvalue weighted by atomic mass is 10.3. The molecule has 0 amide bonds. The zero-order valence-corrected chi connectivity index (χ0v) is 11.1. The molecule has 0 aromatic heterocycles. The molecule has 0 aromatic carbocycles. The van der Waals surface area contributed by atoms with Crippen LogP contribution in [0.2, 0.25) is 0 Å². The molecule has 1 heterocycles. The van der Waals surface area contributed by atoms with Gasteiger partial charge in [-0.2, -0.15) is 19.7 Å². The second-order valence-electron chi connectivity index (χ2n) is 3.56. The maximum absolute atomic E-state index is 12.7. The Kier molecular flexibility index (Phi) is 5.97. The normalized spacial score (nSPS) is 20.8. The molecular weight excluding hydrogens is 265 g/mol. The molecule has 1 atom stereocenters. The number of hydrogen-bond donors (Lipinski definition) is 1. The van der Waals surface area contributed by atoms with E-state index in [-0.39, 0.29) is 6.42 Å². The fourth-order valence-corrected chi connectivity index (χ4v) is 3.54. The van der Waals surface area contributed by atoms with Gasteiger partial charge in [0.1, 0.15) is 7.11 Å². The number of rotatable bonds is 6. The van der Waals surface area contributed by atoms with Crippen molar-refractivity contribution in [3.05, 3.63) is 22.5 Å². The molecule has 0 saturated heterocycles. The average Bonchev–Trinajstić information content (AvgIpc) is 2.68. The highest BCUT2D eigenvalue weighted by atomic mass is 32.2. The second-order valence-corrected chi connectivity index (χ2v) is 5.72. The van der Waals surface area contributed by atoms with E-state index in [4.69, 9.17) is 0 Å². The molecule has 18 heavy (non-hydrogen) atoms. The smallest absolute Gasteiger partial charge is 0.301 e. The predicted molar refractivity (Wildman–Crippen MR) is 70.1 cm³/mol. The lowest BCUT2D eigenvalue weighted by Crippen LogP contribution is -1.94. The molecule has 0 fully saturated rings. The van der Waals surface area contributed by atoms with E-state index in [9.17, 15) is 13.2 Å². The number of halogens is 3. The summed E-state index contributed by atoms with van der Waals surface area (Å²) in [5, 5.41) is 3.62. The van der Waals surface area contributed by atoms with Gasteiger partial charge in [-0.15, -0.1) is 0 Å². The highest BCUT2D eigenvalue weighted by molar-refractivity contribution is 8.31. The molecule has 0 radical (unpaired) electrons. The lowest BCUT2D eigenvalue weighted by molar-refractivity contribution is 0.215. The van der Waals surface area contributed by atoms with Gasteiger partial charge in [-0.25, -0.2) is 4.39 Å². The Morgan fingerprint density at radius 1 is 1.50 bits per heavy atom. The van der Waals surface area contributed by atoms with Crippen LogP contribution in [0.3, 0.4) is 0 Å². The monoisotopic (exact) mass is 280 g/mol. The number of allylic oxidation sites excluding steroid dienone is 3. The summed E-state index contributed by atoms with van der Waals surface area (Å²) in [5.74, 6) is -0.990. The highest BCUT2D eigenvalue weighted by Gasteiger charge is 2.17. The molecule has 1 rings (SSSR count). The second kappa shape index (κ2) is 7.25. The van der Waals surface area contributed by atoms with Gasteiger partial charge in [-0.1, -0.05) is 5.16 Å². The molecule has 0 aliphatic carbocycles. The number of hydrogen-bond acceptors (Lipinski definition) is 3. The quantitative estimate of drug-likeness (QED) is 0.449. The van der Waals surface area contributed by atoms with E-state index in [0.717, 1.165) is 10.6 Å². The summed E-state index contributed by atoms with van der Waals surface area (Å²) in [6, 6.07) is 0.